The molecule has 0 aromatic heterocycles. The first-order chi connectivity index (χ1) is 9.56. The molecule has 0 aliphatic rings. The van der Waals surface area contributed by atoms with Gasteiger partial charge >= 0.3 is 0 Å². The molecule has 0 saturated heterocycles. The number of hydrogen-bond acceptors (Lipinski definition) is 1. The van der Waals surface area contributed by atoms with Crippen molar-refractivity contribution in [1.29, 1.82) is 0 Å². The van der Waals surface area contributed by atoms with Crippen LogP contribution in [0, 0.1) is 17.5 Å². The molecule has 1 unspecified atom stereocenters. The normalized spacial score (nSPS) is 12.4. The molecule has 106 valence electrons. The Bertz CT molecular complexity index is 569. The van der Waals surface area contributed by atoms with Crippen LogP contribution in [0.25, 0.3) is 0 Å². The maximum Gasteiger partial charge on any atom is 0.161 e. The number of benzene rings is 2. The lowest BCUT2D eigenvalue weighted by Crippen LogP contribution is -2.28. The van der Waals surface area contributed by atoms with Crippen molar-refractivity contribution in [3.63, 3.8) is 0 Å². The van der Waals surface area contributed by atoms with Crippen molar-refractivity contribution in [1.82, 2.24) is 5.32 Å². The highest BCUT2D eigenvalue weighted by atomic mass is 19.2. The Hall–Kier alpha value is -1.81. The Kier molecular flexibility index (Phi) is 4.79. The van der Waals surface area contributed by atoms with E-state index in [4.69, 9.17) is 0 Å². The standard InChI is InChI=1S/C16H16F3N/c1-11(7-12-5-3-2-4-6-12)20-10-13-8-15(18)16(19)9-14(13)17/h2-6,8-9,11,20H,7,10H2,1H3. The van der Waals surface area contributed by atoms with Crippen molar-refractivity contribution in [2.24, 2.45) is 0 Å². The molecule has 20 heavy (non-hydrogen) atoms. The molecular weight excluding hydrogens is 263 g/mol. The third kappa shape index (κ3) is 3.84. The predicted octanol–water partition coefficient (Wildman–Crippen LogP) is 3.82. The van der Waals surface area contributed by atoms with Gasteiger partial charge in [0.15, 0.2) is 11.6 Å². The number of rotatable bonds is 5. The van der Waals surface area contributed by atoms with Crippen molar-refractivity contribution in [2.45, 2.75) is 25.9 Å². The monoisotopic (exact) mass is 279 g/mol. The predicted molar refractivity (Wildman–Crippen MR) is 72.8 cm³/mol. The van der Waals surface area contributed by atoms with Crippen molar-refractivity contribution >= 4 is 0 Å². The average molecular weight is 279 g/mol. The minimum absolute atomic E-state index is 0.102. The Morgan fingerprint density at radius 3 is 2.30 bits per heavy atom. The van der Waals surface area contributed by atoms with E-state index in [1.165, 1.54) is 5.56 Å². The van der Waals surface area contributed by atoms with Crippen LogP contribution < -0.4 is 5.32 Å². The van der Waals surface area contributed by atoms with Gasteiger partial charge in [0.25, 0.3) is 0 Å². The largest absolute Gasteiger partial charge is 0.310 e. The third-order valence-corrected chi connectivity index (χ3v) is 3.12. The van der Waals surface area contributed by atoms with Crippen LogP contribution in [-0.4, -0.2) is 6.04 Å². The number of hydrogen-bond donors (Lipinski definition) is 1. The third-order valence-electron chi connectivity index (χ3n) is 3.12. The maximum absolute atomic E-state index is 13.5. The number of halogens is 3. The first-order valence-corrected chi connectivity index (χ1v) is 6.47. The molecule has 1 nitrogen and oxygen atoms in total. The molecule has 0 aliphatic carbocycles. The average Bonchev–Trinajstić information content (AvgIpc) is 2.42. The Balaban J connectivity index is 1.93. The van der Waals surface area contributed by atoms with E-state index in [0.717, 1.165) is 12.5 Å². The van der Waals surface area contributed by atoms with Gasteiger partial charge in [-0.2, -0.15) is 0 Å². The lowest BCUT2D eigenvalue weighted by atomic mass is 10.1. The molecule has 0 amide bonds. The molecule has 0 bridgehead atoms. The molecule has 0 radical (unpaired) electrons. The van der Waals surface area contributed by atoms with Crippen molar-refractivity contribution in [3.8, 4) is 0 Å². The van der Waals surface area contributed by atoms with Gasteiger partial charge in [-0.15, -0.1) is 0 Å². The fourth-order valence-corrected chi connectivity index (χ4v) is 2.02. The Labute approximate surface area is 116 Å². The zero-order chi connectivity index (χ0) is 14.5. The van der Waals surface area contributed by atoms with Crippen LogP contribution in [0.1, 0.15) is 18.1 Å². The second-order valence-electron chi connectivity index (χ2n) is 4.83. The summed E-state index contributed by atoms with van der Waals surface area (Å²) in [6.45, 7) is 2.13. The van der Waals surface area contributed by atoms with Crippen LogP contribution in [0.4, 0.5) is 13.2 Å². The Morgan fingerprint density at radius 1 is 0.950 bits per heavy atom. The summed E-state index contributed by atoms with van der Waals surface area (Å²) in [5.41, 5.74) is 1.29. The minimum Gasteiger partial charge on any atom is -0.310 e. The molecule has 0 fully saturated rings. The van der Waals surface area contributed by atoms with E-state index in [1.54, 1.807) is 0 Å². The number of nitrogens with one attached hydrogen (secondary N) is 1. The highest BCUT2D eigenvalue weighted by molar-refractivity contribution is 5.20. The van der Waals surface area contributed by atoms with Gasteiger partial charge in [-0.05, 0) is 25.0 Å². The Morgan fingerprint density at radius 2 is 1.60 bits per heavy atom. The summed E-state index contributed by atoms with van der Waals surface area (Å²) in [6, 6.07) is 11.4. The van der Waals surface area contributed by atoms with Gasteiger partial charge in [0.05, 0.1) is 0 Å². The molecule has 2 aromatic rings. The van der Waals surface area contributed by atoms with E-state index in [1.807, 2.05) is 37.3 Å². The molecule has 0 heterocycles. The maximum atomic E-state index is 13.5. The molecule has 1 atom stereocenters. The lowest BCUT2D eigenvalue weighted by molar-refractivity contribution is 0.479. The summed E-state index contributed by atoms with van der Waals surface area (Å²) in [4.78, 5) is 0. The highest BCUT2D eigenvalue weighted by Gasteiger charge is 2.10. The van der Waals surface area contributed by atoms with Gasteiger partial charge in [0.1, 0.15) is 5.82 Å². The molecule has 2 aromatic carbocycles. The summed E-state index contributed by atoms with van der Waals surface area (Å²) >= 11 is 0. The van der Waals surface area contributed by atoms with E-state index in [2.05, 4.69) is 5.32 Å². The molecule has 2 rings (SSSR count). The summed E-state index contributed by atoms with van der Waals surface area (Å²) in [7, 11) is 0. The highest BCUT2D eigenvalue weighted by Crippen LogP contribution is 2.14. The van der Waals surface area contributed by atoms with Crippen LogP contribution in [0.15, 0.2) is 42.5 Å². The summed E-state index contributed by atoms with van der Waals surface area (Å²) in [5.74, 6) is -2.93. The molecular formula is C16H16F3N. The van der Waals surface area contributed by atoms with Gasteiger partial charge in [0.2, 0.25) is 0 Å². The van der Waals surface area contributed by atoms with Crippen molar-refractivity contribution in [3.05, 3.63) is 71.0 Å². The molecule has 1 N–H and O–H groups in total. The van der Waals surface area contributed by atoms with Gasteiger partial charge < -0.3 is 5.32 Å². The van der Waals surface area contributed by atoms with Gasteiger partial charge in [-0.3, -0.25) is 0 Å². The smallest absolute Gasteiger partial charge is 0.161 e. The van der Waals surface area contributed by atoms with Crippen LogP contribution in [-0.2, 0) is 13.0 Å². The van der Waals surface area contributed by atoms with Gasteiger partial charge in [-0.25, -0.2) is 13.2 Å². The molecule has 0 aliphatic heterocycles. The van der Waals surface area contributed by atoms with Crippen LogP contribution in [0.5, 0.6) is 0 Å². The second-order valence-corrected chi connectivity index (χ2v) is 4.83. The van der Waals surface area contributed by atoms with Crippen LogP contribution in [0.3, 0.4) is 0 Å². The topological polar surface area (TPSA) is 12.0 Å². The SMILES string of the molecule is CC(Cc1ccccc1)NCc1cc(F)c(F)cc1F. The quantitative estimate of drug-likeness (QED) is 0.820. The summed E-state index contributed by atoms with van der Waals surface area (Å²) in [6.07, 6.45) is 0.784. The molecule has 4 heteroatoms. The second kappa shape index (κ2) is 6.57. The zero-order valence-electron chi connectivity index (χ0n) is 11.2. The first kappa shape index (κ1) is 14.6. The van der Waals surface area contributed by atoms with Crippen molar-refractivity contribution in [2.75, 3.05) is 0 Å². The summed E-state index contributed by atoms with van der Waals surface area (Å²) in [5, 5.41) is 3.11. The molecule has 0 saturated carbocycles. The van der Waals surface area contributed by atoms with Gasteiger partial charge in [-0.1, -0.05) is 30.3 Å². The van der Waals surface area contributed by atoms with Crippen LogP contribution in [0.2, 0.25) is 0 Å². The van der Waals surface area contributed by atoms with E-state index < -0.39 is 17.5 Å². The van der Waals surface area contributed by atoms with E-state index in [9.17, 15) is 13.2 Å². The fourth-order valence-electron chi connectivity index (χ4n) is 2.02. The molecule has 0 spiro atoms. The van der Waals surface area contributed by atoms with Crippen molar-refractivity contribution < 1.29 is 13.2 Å². The zero-order valence-corrected chi connectivity index (χ0v) is 11.2. The van der Waals surface area contributed by atoms with E-state index in [-0.39, 0.29) is 18.2 Å². The van der Waals surface area contributed by atoms with E-state index >= 15 is 0 Å². The fraction of sp³-hybridized carbons (Fsp3) is 0.250. The van der Waals surface area contributed by atoms with Crippen LogP contribution >= 0.6 is 0 Å². The minimum atomic E-state index is -1.16. The summed E-state index contributed by atoms with van der Waals surface area (Å²) < 4.78 is 39.3. The van der Waals surface area contributed by atoms with E-state index in [0.29, 0.717) is 6.07 Å². The van der Waals surface area contributed by atoms with Gasteiger partial charge in [0, 0.05) is 24.2 Å². The first-order valence-electron chi connectivity index (χ1n) is 6.47. The lowest BCUT2D eigenvalue weighted by Gasteiger charge is -2.14.